The van der Waals surface area contributed by atoms with E-state index in [4.69, 9.17) is 4.74 Å². The number of hydrogen-bond acceptors (Lipinski definition) is 4. The minimum absolute atomic E-state index is 0.275. The number of benzene rings is 1. The van der Waals surface area contributed by atoms with Gasteiger partial charge in [-0.1, -0.05) is 12.1 Å². The van der Waals surface area contributed by atoms with Crippen LogP contribution in [0.5, 0.6) is 5.75 Å². The van der Waals surface area contributed by atoms with Crippen LogP contribution in [0.25, 0.3) is 0 Å². The first-order chi connectivity index (χ1) is 7.60. The van der Waals surface area contributed by atoms with Crippen LogP contribution in [-0.4, -0.2) is 18.9 Å². The highest BCUT2D eigenvalue weighted by molar-refractivity contribution is 6.08. The maximum Gasteiger partial charge on any atom is 0.359 e. The van der Waals surface area contributed by atoms with E-state index in [1.165, 1.54) is 26.2 Å². The van der Waals surface area contributed by atoms with E-state index in [1.54, 1.807) is 12.1 Å². The number of ether oxygens (including phenoxy) is 1. The Labute approximate surface area is 91.9 Å². The molecule has 0 heterocycles. The molecule has 0 saturated carbocycles. The molecule has 0 aliphatic heterocycles. The highest BCUT2D eigenvalue weighted by Gasteiger charge is 2.25. The van der Waals surface area contributed by atoms with Gasteiger partial charge in [-0.05, 0) is 19.1 Å². The van der Waals surface area contributed by atoms with Gasteiger partial charge in [0.05, 0.1) is 7.11 Å². The van der Waals surface area contributed by atoms with Crippen molar-refractivity contribution in [1.29, 1.82) is 0 Å². The summed E-state index contributed by atoms with van der Waals surface area (Å²) >= 11 is 0. The summed E-state index contributed by atoms with van der Waals surface area (Å²) in [5, 5.41) is 0. The van der Waals surface area contributed by atoms with Gasteiger partial charge in [-0.15, -0.1) is 0 Å². The lowest BCUT2D eigenvalue weighted by Crippen LogP contribution is -2.21. The molecule has 86 valence electrons. The zero-order valence-electron chi connectivity index (χ0n) is 8.90. The Morgan fingerprint density at radius 1 is 1.38 bits per heavy atom. The Kier molecular flexibility index (Phi) is 3.99. The SMILES string of the molecule is COc1cccc(C(=O)C(C)C(=O)OF)c1. The number of rotatable bonds is 4. The van der Waals surface area contributed by atoms with Crippen LogP contribution in [0.2, 0.25) is 0 Å². The summed E-state index contributed by atoms with van der Waals surface area (Å²) in [5.41, 5.74) is 0.275. The predicted octanol–water partition coefficient (Wildman–Crippen LogP) is 1.94. The Bertz CT molecular complexity index is 403. The summed E-state index contributed by atoms with van der Waals surface area (Å²) in [6.07, 6.45) is 0. The van der Waals surface area contributed by atoms with Gasteiger partial charge < -0.3 is 4.74 Å². The summed E-state index contributed by atoms with van der Waals surface area (Å²) in [4.78, 5) is 25.5. The van der Waals surface area contributed by atoms with Crippen LogP contribution in [-0.2, 0) is 9.74 Å². The van der Waals surface area contributed by atoms with Crippen molar-refractivity contribution < 1.29 is 23.8 Å². The molecule has 0 radical (unpaired) electrons. The summed E-state index contributed by atoms with van der Waals surface area (Å²) in [7, 11) is 1.46. The molecule has 4 nitrogen and oxygen atoms in total. The molecular weight excluding hydrogens is 215 g/mol. The molecule has 16 heavy (non-hydrogen) atoms. The predicted molar refractivity (Wildman–Crippen MR) is 53.7 cm³/mol. The second kappa shape index (κ2) is 5.25. The van der Waals surface area contributed by atoms with Crippen LogP contribution in [0, 0.1) is 5.92 Å². The van der Waals surface area contributed by atoms with Gasteiger partial charge in [0, 0.05) is 10.1 Å². The highest BCUT2D eigenvalue weighted by Crippen LogP contribution is 2.16. The average molecular weight is 226 g/mol. The van der Waals surface area contributed by atoms with E-state index >= 15 is 0 Å². The Morgan fingerprint density at radius 3 is 2.62 bits per heavy atom. The van der Waals surface area contributed by atoms with Crippen LogP contribution in [0.15, 0.2) is 24.3 Å². The Morgan fingerprint density at radius 2 is 2.06 bits per heavy atom. The van der Waals surface area contributed by atoms with Crippen LogP contribution in [0.3, 0.4) is 0 Å². The summed E-state index contributed by atoms with van der Waals surface area (Å²) in [6.45, 7) is 1.28. The third-order valence-electron chi connectivity index (χ3n) is 2.18. The van der Waals surface area contributed by atoms with Crippen molar-refractivity contribution in [2.75, 3.05) is 7.11 Å². The number of carbonyl (C=O) groups excluding carboxylic acids is 2. The number of Topliss-reactive ketones (excluding diaryl/α,β-unsaturated/α-hetero) is 1. The molecule has 0 aliphatic rings. The maximum atomic E-state index is 11.7. The van der Waals surface area contributed by atoms with Gasteiger partial charge in [0.1, 0.15) is 11.7 Å². The summed E-state index contributed by atoms with van der Waals surface area (Å²) in [5.74, 6) is -2.39. The van der Waals surface area contributed by atoms with E-state index in [0.29, 0.717) is 5.75 Å². The lowest BCUT2D eigenvalue weighted by molar-refractivity contribution is -0.186. The largest absolute Gasteiger partial charge is 0.497 e. The van der Waals surface area contributed by atoms with E-state index < -0.39 is 17.7 Å². The fourth-order valence-corrected chi connectivity index (χ4v) is 1.20. The van der Waals surface area contributed by atoms with E-state index in [0.717, 1.165) is 0 Å². The molecule has 0 fully saturated rings. The average Bonchev–Trinajstić information content (AvgIpc) is 2.36. The van der Waals surface area contributed by atoms with E-state index in [-0.39, 0.29) is 5.56 Å². The first-order valence-electron chi connectivity index (χ1n) is 4.61. The van der Waals surface area contributed by atoms with Crippen molar-refractivity contribution in [3.8, 4) is 5.75 Å². The standard InChI is InChI=1S/C11H11FO4/c1-7(11(14)16-12)10(13)8-4-3-5-9(6-8)15-2/h3-7H,1-2H3. The molecule has 5 heteroatoms. The van der Waals surface area contributed by atoms with E-state index in [9.17, 15) is 14.1 Å². The summed E-state index contributed by atoms with van der Waals surface area (Å²) in [6, 6.07) is 6.27. The quantitative estimate of drug-likeness (QED) is 0.581. The van der Waals surface area contributed by atoms with E-state index in [2.05, 4.69) is 4.94 Å². The molecule has 1 unspecified atom stereocenters. The van der Waals surface area contributed by atoms with Crippen LogP contribution < -0.4 is 4.74 Å². The van der Waals surface area contributed by atoms with Gasteiger partial charge in [0.2, 0.25) is 0 Å². The van der Waals surface area contributed by atoms with Gasteiger partial charge in [0.25, 0.3) is 0 Å². The molecule has 0 saturated heterocycles. The number of carbonyl (C=O) groups is 2. The van der Waals surface area contributed by atoms with Gasteiger partial charge in [0.15, 0.2) is 5.78 Å². The zero-order valence-corrected chi connectivity index (χ0v) is 8.90. The van der Waals surface area contributed by atoms with Crippen LogP contribution in [0.1, 0.15) is 17.3 Å². The number of methoxy groups -OCH3 is 1. The highest BCUT2D eigenvalue weighted by atomic mass is 19.3. The Balaban J connectivity index is 2.91. The molecule has 0 spiro atoms. The number of hydrogen-bond donors (Lipinski definition) is 0. The van der Waals surface area contributed by atoms with Crippen molar-refractivity contribution in [3.63, 3.8) is 0 Å². The molecule has 1 rings (SSSR count). The van der Waals surface area contributed by atoms with Gasteiger partial charge in [-0.25, -0.2) is 4.79 Å². The first kappa shape index (κ1) is 12.2. The van der Waals surface area contributed by atoms with Crippen molar-refractivity contribution in [3.05, 3.63) is 29.8 Å². The molecule has 1 aromatic rings. The second-order valence-corrected chi connectivity index (χ2v) is 3.21. The smallest absolute Gasteiger partial charge is 0.359 e. The Hall–Kier alpha value is -1.91. The fourth-order valence-electron chi connectivity index (χ4n) is 1.20. The minimum Gasteiger partial charge on any atom is -0.497 e. The molecule has 1 atom stereocenters. The van der Waals surface area contributed by atoms with Crippen molar-refractivity contribution in [2.45, 2.75) is 6.92 Å². The van der Waals surface area contributed by atoms with Crippen LogP contribution in [0.4, 0.5) is 4.53 Å². The third kappa shape index (κ3) is 2.56. The molecule has 0 aromatic heterocycles. The summed E-state index contributed by atoms with van der Waals surface area (Å²) < 4.78 is 16.6. The molecular formula is C11H11FO4. The molecule has 1 aromatic carbocycles. The third-order valence-corrected chi connectivity index (χ3v) is 2.18. The fraction of sp³-hybridized carbons (Fsp3) is 0.273. The maximum absolute atomic E-state index is 11.7. The number of halogens is 1. The van der Waals surface area contributed by atoms with Crippen LogP contribution >= 0.6 is 0 Å². The van der Waals surface area contributed by atoms with Gasteiger partial charge >= 0.3 is 5.97 Å². The number of ketones is 1. The molecule has 0 N–H and O–H groups in total. The lowest BCUT2D eigenvalue weighted by atomic mass is 9.99. The molecule has 0 amide bonds. The first-order valence-corrected chi connectivity index (χ1v) is 4.61. The lowest BCUT2D eigenvalue weighted by Gasteiger charge is -2.07. The van der Waals surface area contributed by atoms with Crippen molar-refractivity contribution in [1.82, 2.24) is 0 Å². The second-order valence-electron chi connectivity index (χ2n) is 3.21. The van der Waals surface area contributed by atoms with E-state index in [1.807, 2.05) is 0 Å². The zero-order chi connectivity index (χ0) is 12.1. The van der Waals surface area contributed by atoms with Crippen molar-refractivity contribution >= 4 is 11.8 Å². The monoisotopic (exact) mass is 226 g/mol. The normalized spacial score (nSPS) is 11.7. The molecule has 0 aliphatic carbocycles. The van der Waals surface area contributed by atoms with Gasteiger partial charge in [-0.2, -0.15) is 0 Å². The molecule has 0 bridgehead atoms. The topological polar surface area (TPSA) is 52.6 Å². The van der Waals surface area contributed by atoms with Gasteiger partial charge in [-0.3, -0.25) is 9.74 Å². The van der Waals surface area contributed by atoms with Crippen molar-refractivity contribution in [2.24, 2.45) is 5.92 Å². The minimum atomic E-state index is -1.20.